The molecule has 2 N–H and O–H groups in total. The van der Waals surface area contributed by atoms with Crippen molar-refractivity contribution in [2.45, 2.75) is 24.2 Å². The van der Waals surface area contributed by atoms with E-state index in [1.807, 2.05) is 0 Å². The van der Waals surface area contributed by atoms with Gasteiger partial charge < -0.3 is 14.8 Å². The van der Waals surface area contributed by atoms with E-state index in [1.165, 1.54) is 31.2 Å². The highest BCUT2D eigenvalue weighted by Gasteiger charge is 2.31. The van der Waals surface area contributed by atoms with E-state index >= 15 is 0 Å². The van der Waals surface area contributed by atoms with Crippen LogP contribution in [0.25, 0.3) is 0 Å². The second kappa shape index (κ2) is 9.98. The first-order valence-corrected chi connectivity index (χ1v) is 10.3. The van der Waals surface area contributed by atoms with Gasteiger partial charge in [-0.3, -0.25) is 9.59 Å². The Kier molecular flexibility index (Phi) is 7.87. The van der Waals surface area contributed by atoms with Gasteiger partial charge in [-0.05, 0) is 55.5 Å². The largest absolute Gasteiger partial charge is 0.573 e. The van der Waals surface area contributed by atoms with Gasteiger partial charge in [0.05, 0.1) is 4.90 Å². The summed E-state index contributed by atoms with van der Waals surface area (Å²) >= 11 is 5.70. The number of nitrogens with one attached hydrogen (secondary N) is 2. The number of anilines is 1. The minimum absolute atomic E-state index is 0.118. The molecule has 0 unspecified atom stereocenters. The fourth-order valence-corrected chi connectivity index (χ4v) is 3.48. The number of rotatable bonds is 8. The Morgan fingerprint density at radius 1 is 1.06 bits per heavy atom. The van der Waals surface area contributed by atoms with Crippen molar-refractivity contribution in [3.63, 3.8) is 0 Å². The highest BCUT2D eigenvalue weighted by molar-refractivity contribution is 7.89. The Bertz CT molecular complexity index is 1030. The van der Waals surface area contributed by atoms with Crippen molar-refractivity contribution in [2.24, 2.45) is 0 Å². The Hall–Kier alpha value is -2.83. The molecule has 0 bridgehead atoms. The highest BCUT2D eigenvalue weighted by atomic mass is 35.5. The smallest absolute Gasteiger partial charge is 0.454 e. The number of ether oxygens (including phenoxy) is 2. The van der Waals surface area contributed by atoms with Crippen LogP contribution < -0.4 is 14.8 Å². The molecular weight excluding hydrogens is 465 g/mol. The number of carbonyl (C=O) groups excluding carboxylic acids is 2. The van der Waals surface area contributed by atoms with Crippen LogP contribution in [0.5, 0.6) is 5.75 Å². The summed E-state index contributed by atoms with van der Waals surface area (Å²) in [4.78, 5) is 23.7. The summed E-state index contributed by atoms with van der Waals surface area (Å²) in [6, 6.07) is 8.23. The van der Waals surface area contributed by atoms with Crippen LogP contribution in [-0.2, 0) is 24.3 Å². The molecule has 2 aromatic rings. The van der Waals surface area contributed by atoms with Crippen LogP contribution in [0.3, 0.4) is 0 Å². The normalized spacial score (nSPS) is 12.7. The number of hydrogen-bond acceptors (Lipinski definition) is 6. The molecule has 0 aliphatic carbocycles. The lowest BCUT2D eigenvalue weighted by Crippen LogP contribution is -2.40. The van der Waals surface area contributed by atoms with Crippen molar-refractivity contribution >= 4 is 39.2 Å². The average Bonchev–Trinajstić information content (AvgIpc) is 2.66. The molecule has 0 spiro atoms. The van der Waals surface area contributed by atoms with Gasteiger partial charge in [-0.25, -0.2) is 8.42 Å². The van der Waals surface area contributed by atoms with Crippen LogP contribution in [-0.4, -0.2) is 39.3 Å². The van der Waals surface area contributed by atoms with Gasteiger partial charge in [-0.2, -0.15) is 4.72 Å². The molecule has 0 fully saturated rings. The van der Waals surface area contributed by atoms with E-state index in [1.54, 1.807) is 0 Å². The molecule has 0 saturated heterocycles. The monoisotopic (exact) mass is 480 g/mol. The molecule has 8 nitrogen and oxygen atoms in total. The third kappa shape index (κ3) is 8.07. The summed E-state index contributed by atoms with van der Waals surface area (Å²) < 4.78 is 71.4. The van der Waals surface area contributed by atoms with Crippen LogP contribution >= 0.6 is 11.6 Å². The number of alkyl halides is 3. The fourth-order valence-electron chi connectivity index (χ4n) is 2.16. The summed E-state index contributed by atoms with van der Waals surface area (Å²) in [5, 5.41) is 2.63. The van der Waals surface area contributed by atoms with E-state index < -0.39 is 46.7 Å². The van der Waals surface area contributed by atoms with Crippen LogP contribution in [0.4, 0.5) is 18.9 Å². The number of hydrogen-bond donors (Lipinski definition) is 2. The number of halogens is 4. The zero-order valence-electron chi connectivity index (χ0n) is 15.8. The predicted octanol–water partition coefficient (Wildman–Crippen LogP) is 3.09. The molecule has 168 valence electrons. The van der Waals surface area contributed by atoms with E-state index in [-0.39, 0.29) is 10.6 Å². The van der Waals surface area contributed by atoms with E-state index in [4.69, 9.17) is 16.3 Å². The predicted molar refractivity (Wildman–Crippen MR) is 104 cm³/mol. The second-order valence-electron chi connectivity index (χ2n) is 6.02. The number of amides is 1. The van der Waals surface area contributed by atoms with E-state index in [0.717, 1.165) is 24.3 Å². The van der Waals surface area contributed by atoms with Gasteiger partial charge in [0, 0.05) is 10.7 Å². The summed E-state index contributed by atoms with van der Waals surface area (Å²) in [5.41, 5.74) is 0.132. The lowest BCUT2D eigenvalue weighted by Gasteiger charge is -2.14. The van der Waals surface area contributed by atoms with Crippen molar-refractivity contribution in [2.75, 3.05) is 11.9 Å². The zero-order chi connectivity index (χ0) is 23.2. The molecule has 0 aliphatic heterocycles. The van der Waals surface area contributed by atoms with Crippen molar-refractivity contribution < 1.29 is 40.7 Å². The first kappa shape index (κ1) is 24.4. The maximum atomic E-state index is 12.2. The zero-order valence-corrected chi connectivity index (χ0v) is 17.3. The van der Waals surface area contributed by atoms with Gasteiger partial charge in [-0.15, -0.1) is 13.2 Å². The Labute approximate surface area is 180 Å². The van der Waals surface area contributed by atoms with Gasteiger partial charge in [0.15, 0.2) is 6.61 Å². The first-order chi connectivity index (χ1) is 14.4. The minimum Gasteiger partial charge on any atom is -0.454 e. The molecule has 0 saturated carbocycles. The molecule has 1 atom stereocenters. The van der Waals surface area contributed by atoms with E-state index in [0.29, 0.717) is 5.02 Å². The Morgan fingerprint density at radius 2 is 1.65 bits per heavy atom. The average molecular weight is 481 g/mol. The fraction of sp³-hybridized carbons (Fsp3) is 0.222. The van der Waals surface area contributed by atoms with Gasteiger partial charge in [0.25, 0.3) is 5.91 Å². The lowest BCUT2D eigenvalue weighted by molar-refractivity contribution is -0.274. The van der Waals surface area contributed by atoms with Crippen LogP contribution in [0.1, 0.15) is 6.92 Å². The minimum atomic E-state index is -4.84. The second-order valence-corrected chi connectivity index (χ2v) is 8.18. The summed E-state index contributed by atoms with van der Waals surface area (Å²) in [5.74, 6) is -2.27. The standard InChI is InChI=1S/C18H16ClF3N2O6S/c1-11(24-31(27,28)15-8-2-12(19)3-9-15)17(26)29-10-16(25)23-13-4-6-14(7-5-13)30-18(20,21)22/h2-9,11,24H,10H2,1H3,(H,23,25)/t11-/m0/s1. The quantitative estimate of drug-likeness (QED) is 0.562. The molecular formula is C18H16ClF3N2O6S. The number of esters is 1. The molecule has 0 aliphatic rings. The van der Waals surface area contributed by atoms with Crippen molar-refractivity contribution in [1.82, 2.24) is 4.72 Å². The third-order valence-corrected chi connectivity index (χ3v) is 5.34. The summed E-state index contributed by atoms with van der Waals surface area (Å²) in [7, 11) is -4.03. The number of carbonyl (C=O) groups is 2. The van der Waals surface area contributed by atoms with E-state index in [9.17, 15) is 31.2 Å². The van der Waals surface area contributed by atoms with Gasteiger partial charge in [0.1, 0.15) is 11.8 Å². The van der Waals surface area contributed by atoms with Gasteiger partial charge >= 0.3 is 12.3 Å². The van der Waals surface area contributed by atoms with Gasteiger partial charge in [0.2, 0.25) is 10.0 Å². The summed E-state index contributed by atoms with van der Waals surface area (Å²) in [6.45, 7) is 0.486. The molecule has 2 aromatic carbocycles. The summed E-state index contributed by atoms with van der Waals surface area (Å²) in [6.07, 6.45) is -4.84. The van der Waals surface area contributed by atoms with Crippen LogP contribution in [0.2, 0.25) is 5.02 Å². The molecule has 0 aromatic heterocycles. The van der Waals surface area contributed by atoms with Crippen molar-refractivity contribution in [3.05, 3.63) is 53.6 Å². The maximum Gasteiger partial charge on any atom is 0.573 e. The maximum absolute atomic E-state index is 12.2. The van der Waals surface area contributed by atoms with Crippen molar-refractivity contribution in [3.8, 4) is 5.75 Å². The third-order valence-electron chi connectivity index (χ3n) is 3.53. The topological polar surface area (TPSA) is 111 Å². The SMILES string of the molecule is C[C@H](NS(=O)(=O)c1ccc(Cl)cc1)C(=O)OCC(=O)Nc1ccc(OC(F)(F)F)cc1. The van der Waals surface area contributed by atoms with Crippen LogP contribution in [0, 0.1) is 0 Å². The molecule has 0 heterocycles. The Balaban J connectivity index is 1.84. The molecule has 1 amide bonds. The Morgan fingerprint density at radius 3 is 2.19 bits per heavy atom. The van der Waals surface area contributed by atoms with Crippen molar-refractivity contribution in [1.29, 1.82) is 0 Å². The van der Waals surface area contributed by atoms with E-state index in [2.05, 4.69) is 14.8 Å². The number of sulfonamides is 1. The molecule has 0 radical (unpaired) electrons. The number of benzene rings is 2. The molecule has 13 heteroatoms. The van der Waals surface area contributed by atoms with Gasteiger partial charge in [-0.1, -0.05) is 11.6 Å². The van der Waals surface area contributed by atoms with Crippen LogP contribution in [0.15, 0.2) is 53.4 Å². The highest BCUT2D eigenvalue weighted by Crippen LogP contribution is 2.24. The molecule has 2 rings (SSSR count). The lowest BCUT2D eigenvalue weighted by atomic mass is 10.3. The first-order valence-electron chi connectivity index (χ1n) is 8.46. The molecule has 31 heavy (non-hydrogen) atoms.